The van der Waals surface area contributed by atoms with E-state index in [1.165, 1.54) is 12.1 Å². The molecule has 0 unspecified atom stereocenters. The molecule has 0 bridgehead atoms. The van der Waals surface area contributed by atoms with E-state index in [4.69, 9.17) is 5.73 Å². The number of aryl methyl sites for hydroxylation is 1. The molecule has 0 aliphatic carbocycles. The van der Waals surface area contributed by atoms with Crippen LogP contribution in [0.15, 0.2) is 41.3 Å². The minimum Gasteiger partial charge on any atom is -0.395 e. The molecule has 0 saturated carbocycles. The van der Waals surface area contributed by atoms with E-state index in [1.807, 2.05) is 0 Å². The monoisotopic (exact) mass is 298 g/mol. The van der Waals surface area contributed by atoms with Crippen molar-refractivity contribution in [1.29, 1.82) is 0 Å². The number of hydrogen-bond acceptors (Lipinski definition) is 3. The van der Waals surface area contributed by atoms with Gasteiger partial charge in [-0.25, -0.2) is 17.2 Å². The van der Waals surface area contributed by atoms with Gasteiger partial charge in [0.05, 0.1) is 11.4 Å². The summed E-state index contributed by atoms with van der Waals surface area (Å²) in [5, 5.41) is 0. The fourth-order valence-electron chi connectivity index (χ4n) is 1.70. The smallest absolute Gasteiger partial charge is 0.264 e. The summed E-state index contributed by atoms with van der Waals surface area (Å²) in [4.78, 5) is -0.430. The number of rotatable bonds is 3. The summed E-state index contributed by atoms with van der Waals surface area (Å²) >= 11 is 0. The second-order valence-electron chi connectivity index (χ2n) is 4.19. The van der Waals surface area contributed by atoms with Gasteiger partial charge in [-0.1, -0.05) is 18.2 Å². The molecule has 0 spiro atoms. The number of para-hydroxylation sites is 2. The molecule has 0 fully saturated rings. The molecule has 106 valence electrons. The Morgan fingerprint density at radius 2 is 1.65 bits per heavy atom. The summed E-state index contributed by atoms with van der Waals surface area (Å²) < 4.78 is 53.4. The van der Waals surface area contributed by atoms with Crippen molar-refractivity contribution in [2.75, 3.05) is 10.5 Å². The standard InChI is InChI=1S/C13H12F2N2O2S/c1-8-4-2-6-10(15)13(8)17-20(18,19)11-7-3-5-9(14)12(11)16/h2-7,17H,16H2,1H3. The van der Waals surface area contributed by atoms with Gasteiger partial charge < -0.3 is 5.73 Å². The topological polar surface area (TPSA) is 72.2 Å². The van der Waals surface area contributed by atoms with Crippen LogP contribution in [-0.4, -0.2) is 8.42 Å². The van der Waals surface area contributed by atoms with Crippen molar-refractivity contribution < 1.29 is 17.2 Å². The second-order valence-corrected chi connectivity index (χ2v) is 5.84. The molecule has 20 heavy (non-hydrogen) atoms. The molecular formula is C13H12F2N2O2S. The van der Waals surface area contributed by atoms with E-state index in [1.54, 1.807) is 13.0 Å². The molecule has 4 nitrogen and oxygen atoms in total. The van der Waals surface area contributed by atoms with E-state index in [0.29, 0.717) is 5.56 Å². The average molecular weight is 298 g/mol. The quantitative estimate of drug-likeness (QED) is 0.856. The van der Waals surface area contributed by atoms with Crippen LogP contribution in [0.2, 0.25) is 0 Å². The van der Waals surface area contributed by atoms with Gasteiger partial charge in [-0.15, -0.1) is 0 Å². The average Bonchev–Trinajstić information content (AvgIpc) is 2.37. The lowest BCUT2D eigenvalue weighted by Crippen LogP contribution is -2.17. The third-order valence-electron chi connectivity index (χ3n) is 2.76. The molecule has 3 N–H and O–H groups in total. The molecular weight excluding hydrogens is 286 g/mol. The first-order valence-electron chi connectivity index (χ1n) is 5.65. The predicted molar refractivity (Wildman–Crippen MR) is 72.8 cm³/mol. The number of nitrogens with one attached hydrogen (secondary N) is 1. The summed E-state index contributed by atoms with van der Waals surface area (Å²) in [7, 11) is -4.17. The van der Waals surface area contributed by atoms with Gasteiger partial charge in [0.2, 0.25) is 0 Å². The predicted octanol–water partition coefficient (Wildman–Crippen LogP) is 2.66. The Labute approximate surface area is 115 Å². The number of sulfonamides is 1. The Kier molecular flexibility index (Phi) is 3.63. The van der Waals surface area contributed by atoms with Crippen LogP contribution in [0.25, 0.3) is 0 Å². The maximum atomic E-state index is 13.6. The van der Waals surface area contributed by atoms with Crippen molar-refractivity contribution in [2.45, 2.75) is 11.8 Å². The molecule has 7 heteroatoms. The SMILES string of the molecule is Cc1cccc(F)c1NS(=O)(=O)c1cccc(F)c1N. The van der Waals surface area contributed by atoms with Crippen molar-refractivity contribution in [3.63, 3.8) is 0 Å². The molecule has 0 aliphatic rings. The van der Waals surface area contributed by atoms with Crippen LogP contribution < -0.4 is 10.5 Å². The molecule has 0 aliphatic heterocycles. The first-order chi connectivity index (χ1) is 9.33. The summed E-state index contributed by atoms with van der Waals surface area (Å²) in [5.41, 5.74) is 5.13. The van der Waals surface area contributed by atoms with Crippen LogP contribution in [0, 0.1) is 18.6 Å². The van der Waals surface area contributed by atoms with Gasteiger partial charge >= 0.3 is 0 Å². The van der Waals surface area contributed by atoms with Crippen molar-refractivity contribution >= 4 is 21.4 Å². The lowest BCUT2D eigenvalue weighted by Gasteiger charge is -2.13. The van der Waals surface area contributed by atoms with Crippen molar-refractivity contribution in [2.24, 2.45) is 0 Å². The number of anilines is 2. The minimum atomic E-state index is -4.17. The lowest BCUT2D eigenvalue weighted by atomic mass is 10.2. The van der Waals surface area contributed by atoms with Crippen LogP contribution in [0.3, 0.4) is 0 Å². The van der Waals surface area contributed by atoms with E-state index >= 15 is 0 Å². The molecule has 2 aromatic carbocycles. The third-order valence-corrected chi connectivity index (χ3v) is 4.17. The number of hydrogen-bond donors (Lipinski definition) is 2. The van der Waals surface area contributed by atoms with Crippen LogP contribution in [0.1, 0.15) is 5.56 Å². The van der Waals surface area contributed by atoms with E-state index in [2.05, 4.69) is 4.72 Å². The molecule has 0 saturated heterocycles. The third kappa shape index (κ3) is 2.57. The van der Waals surface area contributed by atoms with E-state index in [0.717, 1.165) is 18.2 Å². The fourth-order valence-corrected chi connectivity index (χ4v) is 2.98. The highest BCUT2D eigenvalue weighted by Crippen LogP contribution is 2.26. The highest BCUT2D eigenvalue weighted by molar-refractivity contribution is 7.92. The maximum Gasteiger partial charge on any atom is 0.264 e. The van der Waals surface area contributed by atoms with Crippen molar-refractivity contribution in [1.82, 2.24) is 0 Å². The van der Waals surface area contributed by atoms with E-state index in [9.17, 15) is 17.2 Å². The molecule has 0 atom stereocenters. The van der Waals surface area contributed by atoms with E-state index in [-0.39, 0.29) is 5.69 Å². The summed E-state index contributed by atoms with van der Waals surface area (Å²) in [5.74, 6) is -1.57. The molecule has 0 radical (unpaired) electrons. The van der Waals surface area contributed by atoms with E-state index < -0.39 is 32.2 Å². The van der Waals surface area contributed by atoms with Crippen LogP contribution in [0.4, 0.5) is 20.2 Å². The Bertz CT molecular complexity index is 741. The highest BCUT2D eigenvalue weighted by atomic mass is 32.2. The fraction of sp³-hybridized carbons (Fsp3) is 0.0769. The molecule has 0 heterocycles. The molecule has 0 aromatic heterocycles. The van der Waals surface area contributed by atoms with Gasteiger partial charge in [-0.2, -0.15) is 0 Å². The Morgan fingerprint density at radius 1 is 1.05 bits per heavy atom. The Hall–Kier alpha value is -2.15. The van der Waals surface area contributed by atoms with Crippen molar-refractivity contribution in [3.05, 3.63) is 53.6 Å². The van der Waals surface area contributed by atoms with Gasteiger partial charge in [0.1, 0.15) is 16.5 Å². The maximum absolute atomic E-state index is 13.6. The Morgan fingerprint density at radius 3 is 2.30 bits per heavy atom. The van der Waals surface area contributed by atoms with Gasteiger partial charge in [-0.3, -0.25) is 4.72 Å². The number of nitrogens with two attached hydrogens (primary N) is 1. The first-order valence-corrected chi connectivity index (χ1v) is 7.13. The molecule has 0 amide bonds. The number of halogens is 2. The lowest BCUT2D eigenvalue weighted by molar-refractivity contribution is 0.595. The second kappa shape index (κ2) is 5.09. The van der Waals surface area contributed by atoms with Crippen molar-refractivity contribution in [3.8, 4) is 0 Å². The number of nitrogen functional groups attached to an aromatic ring is 1. The van der Waals surface area contributed by atoms with Gasteiger partial charge in [0.25, 0.3) is 10.0 Å². The zero-order chi connectivity index (χ0) is 14.9. The normalized spacial score (nSPS) is 11.3. The Balaban J connectivity index is 2.50. The van der Waals surface area contributed by atoms with Crippen LogP contribution in [0.5, 0.6) is 0 Å². The summed E-state index contributed by atoms with van der Waals surface area (Å²) in [6.45, 7) is 1.55. The van der Waals surface area contributed by atoms with Gasteiger partial charge in [0, 0.05) is 0 Å². The molecule has 2 rings (SSSR count). The highest BCUT2D eigenvalue weighted by Gasteiger charge is 2.21. The van der Waals surface area contributed by atoms with Crippen LogP contribution >= 0.6 is 0 Å². The number of benzene rings is 2. The van der Waals surface area contributed by atoms with Gasteiger partial charge in [0.15, 0.2) is 0 Å². The molecule has 2 aromatic rings. The largest absolute Gasteiger partial charge is 0.395 e. The first kappa shape index (κ1) is 14.3. The summed E-state index contributed by atoms with van der Waals surface area (Å²) in [6, 6.07) is 7.54. The zero-order valence-corrected chi connectivity index (χ0v) is 11.3. The minimum absolute atomic E-state index is 0.184. The van der Waals surface area contributed by atoms with Crippen LogP contribution in [-0.2, 0) is 10.0 Å². The summed E-state index contributed by atoms with van der Waals surface area (Å²) in [6.07, 6.45) is 0. The zero-order valence-electron chi connectivity index (χ0n) is 10.5. The van der Waals surface area contributed by atoms with Gasteiger partial charge in [-0.05, 0) is 30.7 Å².